The smallest absolute Gasteiger partial charge is 0.268 e. The second-order valence-electron chi connectivity index (χ2n) is 7.46. The molecule has 154 valence electrons. The first kappa shape index (κ1) is 20.4. The molecule has 4 rings (SSSR count). The number of rotatable bonds is 7. The number of nitrogens with one attached hydrogen (secondary N) is 1. The molecule has 0 aliphatic heterocycles. The van der Waals surface area contributed by atoms with Gasteiger partial charge < -0.3 is 9.88 Å². The van der Waals surface area contributed by atoms with Crippen molar-refractivity contribution in [3.8, 4) is 0 Å². The van der Waals surface area contributed by atoms with Crippen molar-refractivity contribution >= 4 is 11.7 Å². The maximum Gasteiger partial charge on any atom is 0.268 e. The molecule has 4 nitrogen and oxygen atoms in total. The maximum atomic E-state index is 13.1. The minimum atomic E-state index is -0.199. The Kier molecular flexibility index (Phi) is 6.08. The van der Waals surface area contributed by atoms with Gasteiger partial charge in [0.15, 0.2) is 5.78 Å². The van der Waals surface area contributed by atoms with Crippen LogP contribution in [-0.2, 0) is 13.1 Å². The van der Waals surface area contributed by atoms with Crippen LogP contribution in [0.15, 0.2) is 97.1 Å². The van der Waals surface area contributed by atoms with Crippen LogP contribution < -0.4 is 5.32 Å². The number of hydrogen-bond acceptors (Lipinski definition) is 2. The Balaban J connectivity index is 1.68. The average molecular weight is 409 g/mol. The largest absolute Gasteiger partial charge is 0.347 e. The highest BCUT2D eigenvalue weighted by molar-refractivity contribution is 6.11. The molecule has 4 aromatic rings. The molecule has 0 saturated heterocycles. The van der Waals surface area contributed by atoms with Crippen LogP contribution in [0.4, 0.5) is 0 Å². The molecule has 1 amide bonds. The summed E-state index contributed by atoms with van der Waals surface area (Å²) in [5.41, 5.74) is 4.51. The predicted molar refractivity (Wildman–Crippen MR) is 122 cm³/mol. The van der Waals surface area contributed by atoms with Crippen molar-refractivity contribution in [3.05, 3.63) is 131 Å². The van der Waals surface area contributed by atoms with Crippen LogP contribution >= 0.6 is 0 Å². The zero-order chi connectivity index (χ0) is 21.6. The van der Waals surface area contributed by atoms with Crippen LogP contribution in [0.2, 0.25) is 0 Å². The number of amides is 1. The molecule has 3 aromatic carbocycles. The zero-order valence-corrected chi connectivity index (χ0v) is 17.4. The molecule has 0 atom stereocenters. The quantitative estimate of drug-likeness (QED) is 0.437. The topological polar surface area (TPSA) is 51.1 Å². The molecule has 0 spiro atoms. The van der Waals surface area contributed by atoms with Crippen LogP contribution in [0.3, 0.4) is 0 Å². The Hall–Kier alpha value is -3.92. The van der Waals surface area contributed by atoms with Crippen LogP contribution in [0.25, 0.3) is 0 Å². The summed E-state index contributed by atoms with van der Waals surface area (Å²) in [5.74, 6) is -0.281. The van der Waals surface area contributed by atoms with E-state index in [1.807, 2.05) is 90.4 Å². The van der Waals surface area contributed by atoms with Gasteiger partial charge in [-0.05, 0) is 24.1 Å². The summed E-state index contributed by atoms with van der Waals surface area (Å²) in [5, 5.41) is 2.99. The number of hydrogen-bond donors (Lipinski definition) is 1. The van der Waals surface area contributed by atoms with E-state index in [0.29, 0.717) is 29.9 Å². The average Bonchev–Trinajstić information content (AvgIpc) is 3.15. The first-order valence-corrected chi connectivity index (χ1v) is 10.3. The van der Waals surface area contributed by atoms with E-state index in [2.05, 4.69) is 5.32 Å². The monoisotopic (exact) mass is 408 g/mol. The van der Waals surface area contributed by atoms with Crippen molar-refractivity contribution in [3.63, 3.8) is 0 Å². The van der Waals surface area contributed by atoms with Crippen molar-refractivity contribution in [1.82, 2.24) is 9.88 Å². The lowest BCUT2D eigenvalue weighted by molar-refractivity contribution is 0.0941. The van der Waals surface area contributed by atoms with Gasteiger partial charge in [0.1, 0.15) is 5.69 Å². The van der Waals surface area contributed by atoms with Gasteiger partial charge in [-0.25, -0.2) is 0 Å². The molecule has 4 heteroatoms. The minimum Gasteiger partial charge on any atom is -0.347 e. The summed E-state index contributed by atoms with van der Waals surface area (Å²) in [6, 6.07) is 30.6. The molecule has 1 aromatic heterocycles. The van der Waals surface area contributed by atoms with E-state index in [0.717, 1.165) is 16.8 Å². The molecule has 0 radical (unpaired) electrons. The second-order valence-corrected chi connectivity index (χ2v) is 7.46. The van der Waals surface area contributed by atoms with Crippen molar-refractivity contribution in [2.45, 2.75) is 20.0 Å². The SMILES string of the molecule is Cc1c(C(=O)c2ccccc2)cc(C(=O)NCc2ccccc2)n1Cc1ccccc1. The van der Waals surface area contributed by atoms with E-state index in [9.17, 15) is 9.59 Å². The number of nitrogens with zero attached hydrogens (tertiary/aromatic N) is 1. The fraction of sp³-hybridized carbons (Fsp3) is 0.111. The Morgan fingerprint density at radius 3 is 1.94 bits per heavy atom. The van der Waals surface area contributed by atoms with Gasteiger partial charge in [-0.3, -0.25) is 9.59 Å². The molecular formula is C27H24N2O2. The third-order valence-electron chi connectivity index (χ3n) is 5.36. The Labute approximate surface area is 182 Å². The van der Waals surface area contributed by atoms with E-state index in [1.54, 1.807) is 18.2 Å². The van der Waals surface area contributed by atoms with E-state index < -0.39 is 0 Å². The highest BCUT2D eigenvalue weighted by atomic mass is 16.2. The van der Waals surface area contributed by atoms with Crippen molar-refractivity contribution in [2.24, 2.45) is 0 Å². The van der Waals surface area contributed by atoms with Gasteiger partial charge >= 0.3 is 0 Å². The van der Waals surface area contributed by atoms with Crippen LogP contribution in [-0.4, -0.2) is 16.3 Å². The predicted octanol–water partition coefficient (Wildman–Crippen LogP) is 5.01. The number of aromatic nitrogens is 1. The lowest BCUT2D eigenvalue weighted by atomic mass is 10.0. The van der Waals surface area contributed by atoms with Crippen LogP contribution in [0.1, 0.15) is 43.2 Å². The zero-order valence-electron chi connectivity index (χ0n) is 17.4. The van der Waals surface area contributed by atoms with Crippen LogP contribution in [0.5, 0.6) is 0 Å². The van der Waals surface area contributed by atoms with E-state index in [4.69, 9.17) is 0 Å². The Morgan fingerprint density at radius 1 is 0.774 bits per heavy atom. The molecule has 1 heterocycles. The summed E-state index contributed by atoms with van der Waals surface area (Å²) >= 11 is 0. The van der Waals surface area contributed by atoms with Crippen molar-refractivity contribution in [1.29, 1.82) is 0 Å². The normalized spacial score (nSPS) is 10.6. The first-order valence-electron chi connectivity index (χ1n) is 10.3. The number of benzene rings is 3. The van der Waals surface area contributed by atoms with Gasteiger partial charge in [-0.15, -0.1) is 0 Å². The molecule has 0 aliphatic rings. The lowest BCUT2D eigenvalue weighted by Crippen LogP contribution is -2.26. The number of ketones is 1. The molecule has 0 saturated carbocycles. The molecule has 0 unspecified atom stereocenters. The van der Waals surface area contributed by atoms with Gasteiger partial charge in [0, 0.05) is 29.9 Å². The van der Waals surface area contributed by atoms with E-state index in [-0.39, 0.29) is 11.7 Å². The highest BCUT2D eigenvalue weighted by Gasteiger charge is 2.22. The van der Waals surface area contributed by atoms with Gasteiger partial charge in [-0.1, -0.05) is 91.0 Å². The molecule has 0 fully saturated rings. The summed E-state index contributed by atoms with van der Waals surface area (Å²) in [4.78, 5) is 26.3. The fourth-order valence-electron chi connectivity index (χ4n) is 3.65. The molecular weight excluding hydrogens is 384 g/mol. The fourth-order valence-corrected chi connectivity index (χ4v) is 3.65. The molecule has 0 aliphatic carbocycles. The number of carbonyl (C=O) groups excluding carboxylic acids is 2. The van der Waals surface area contributed by atoms with Crippen LogP contribution in [0, 0.1) is 6.92 Å². The summed E-state index contributed by atoms with van der Waals surface area (Å²) in [7, 11) is 0. The molecule has 0 bridgehead atoms. The summed E-state index contributed by atoms with van der Waals surface area (Å²) in [6.07, 6.45) is 0. The second kappa shape index (κ2) is 9.26. The van der Waals surface area contributed by atoms with Gasteiger partial charge in [0.25, 0.3) is 5.91 Å². The highest BCUT2D eigenvalue weighted by Crippen LogP contribution is 2.21. The lowest BCUT2D eigenvalue weighted by Gasteiger charge is -2.12. The Bertz CT molecular complexity index is 1180. The summed E-state index contributed by atoms with van der Waals surface area (Å²) < 4.78 is 1.92. The van der Waals surface area contributed by atoms with Gasteiger partial charge in [-0.2, -0.15) is 0 Å². The standard InChI is InChI=1S/C27H24N2O2/c1-20-24(26(30)23-15-9-4-10-16-23)17-25(29(20)19-22-13-7-3-8-14-22)27(31)28-18-21-11-5-2-6-12-21/h2-17H,18-19H2,1H3,(H,28,31). The third kappa shape index (κ3) is 4.64. The number of carbonyl (C=O) groups is 2. The van der Waals surface area contributed by atoms with E-state index >= 15 is 0 Å². The molecule has 31 heavy (non-hydrogen) atoms. The van der Waals surface area contributed by atoms with Gasteiger partial charge in [0.05, 0.1) is 0 Å². The minimum absolute atomic E-state index is 0.0815. The first-order chi connectivity index (χ1) is 15.1. The summed E-state index contributed by atoms with van der Waals surface area (Å²) in [6.45, 7) is 2.84. The van der Waals surface area contributed by atoms with E-state index in [1.165, 1.54) is 0 Å². The van der Waals surface area contributed by atoms with Crippen molar-refractivity contribution in [2.75, 3.05) is 0 Å². The van der Waals surface area contributed by atoms with Crippen molar-refractivity contribution < 1.29 is 9.59 Å². The third-order valence-corrected chi connectivity index (χ3v) is 5.36. The molecule has 1 N–H and O–H groups in total. The maximum absolute atomic E-state index is 13.1. The Morgan fingerprint density at radius 2 is 1.32 bits per heavy atom. The van der Waals surface area contributed by atoms with Gasteiger partial charge in [0.2, 0.25) is 0 Å².